The molecule has 0 spiro atoms. The quantitative estimate of drug-likeness (QED) is 0.905. The zero-order valence-corrected chi connectivity index (χ0v) is 11.8. The first-order valence-corrected chi connectivity index (χ1v) is 7.19. The van der Waals surface area contributed by atoms with E-state index in [4.69, 9.17) is 5.11 Å². The lowest BCUT2D eigenvalue weighted by molar-refractivity contribution is 0.0691. The van der Waals surface area contributed by atoms with Crippen molar-refractivity contribution in [1.29, 1.82) is 0 Å². The molecule has 2 aromatic rings. The van der Waals surface area contributed by atoms with Crippen LogP contribution in [-0.4, -0.2) is 27.0 Å². The highest BCUT2D eigenvalue weighted by atomic mass is 32.1. The molecule has 0 fully saturated rings. The van der Waals surface area contributed by atoms with E-state index in [0.29, 0.717) is 11.0 Å². The van der Waals surface area contributed by atoms with Crippen molar-refractivity contribution in [3.63, 3.8) is 0 Å². The summed E-state index contributed by atoms with van der Waals surface area (Å²) >= 11 is 2.32. The first-order valence-electron chi connectivity index (χ1n) is 5.43. The van der Waals surface area contributed by atoms with Crippen molar-refractivity contribution in [3.8, 4) is 0 Å². The molecule has 0 atom stereocenters. The Labute approximate surface area is 117 Å². The highest BCUT2D eigenvalue weighted by Crippen LogP contribution is 2.22. The van der Waals surface area contributed by atoms with Gasteiger partial charge in [0.2, 0.25) is 0 Å². The molecule has 0 aromatic carbocycles. The molecule has 100 valence electrons. The first-order chi connectivity index (χ1) is 8.97. The lowest BCUT2D eigenvalue weighted by Crippen LogP contribution is -2.12. The van der Waals surface area contributed by atoms with Gasteiger partial charge in [-0.1, -0.05) is 13.8 Å². The van der Waals surface area contributed by atoms with Crippen LogP contribution in [0.5, 0.6) is 0 Å². The molecule has 0 unspecified atom stereocenters. The first kappa shape index (κ1) is 13.6. The SMILES string of the molecule is CC(C)c1csc(NC(=O)c2nc(C(=O)O)cs2)n1. The van der Waals surface area contributed by atoms with Gasteiger partial charge in [-0.3, -0.25) is 10.1 Å². The molecule has 8 heteroatoms. The van der Waals surface area contributed by atoms with Crippen LogP contribution in [0.2, 0.25) is 0 Å². The van der Waals surface area contributed by atoms with Crippen molar-refractivity contribution in [1.82, 2.24) is 9.97 Å². The summed E-state index contributed by atoms with van der Waals surface area (Å²) in [6.45, 7) is 4.03. The van der Waals surface area contributed by atoms with Crippen molar-refractivity contribution in [2.24, 2.45) is 0 Å². The van der Waals surface area contributed by atoms with Gasteiger partial charge in [-0.2, -0.15) is 0 Å². The molecule has 0 saturated carbocycles. The summed E-state index contributed by atoms with van der Waals surface area (Å²) in [5.41, 5.74) is 0.780. The van der Waals surface area contributed by atoms with Gasteiger partial charge in [0.05, 0.1) is 5.69 Å². The van der Waals surface area contributed by atoms with Gasteiger partial charge in [-0.25, -0.2) is 14.8 Å². The number of nitrogens with one attached hydrogen (secondary N) is 1. The summed E-state index contributed by atoms with van der Waals surface area (Å²) in [5.74, 6) is -1.30. The number of nitrogens with zero attached hydrogens (tertiary/aromatic N) is 2. The maximum absolute atomic E-state index is 11.8. The number of aromatic carboxylic acids is 1. The van der Waals surface area contributed by atoms with Crippen molar-refractivity contribution >= 4 is 39.7 Å². The predicted molar refractivity (Wildman–Crippen MR) is 73.2 cm³/mol. The number of carbonyl (C=O) groups excluding carboxylic acids is 1. The average Bonchev–Trinajstić information content (AvgIpc) is 2.96. The summed E-state index contributed by atoms with van der Waals surface area (Å²) in [4.78, 5) is 30.5. The van der Waals surface area contributed by atoms with Crippen LogP contribution >= 0.6 is 22.7 Å². The standard InChI is InChI=1S/C11H11N3O3S2/c1-5(2)6-3-19-11(13-6)14-8(15)9-12-7(4-18-9)10(16)17/h3-5H,1-2H3,(H,16,17)(H,13,14,15). The molecule has 0 radical (unpaired) electrons. The molecule has 2 N–H and O–H groups in total. The molecule has 19 heavy (non-hydrogen) atoms. The molecule has 1 amide bonds. The van der Waals surface area contributed by atoms with Gasteiger partial charge < -0.3 is 5.11 Å². The van der Waals surface area contributed by atoms with E-state index in [0.717, 1.165) is 17.0 Å². The Morgan fingerprint density at radius 1 is 1.26 bits per heavy atom. The third-order valence-corrected chi connectivity index (χ3v) is 3.87. The second-order valence-corrected chi connectivity index (χ2v) is 5.75. The van der Waals surface area contributed by atoms with Crippen molar-refractivity contribution in [2.75, 3.05) is 5.32 Å². The van der Waals surface area contributed by atoms with Crippen LogP contribution in [-0.2, 0) is 0 Å². The molecular formula is C11H11N3O3S2. The fourth-order valence-corrected chi connectivity index (χ4v) is 2.79. The molecule has 0 saturated heterocycles. The number of rotatable bonds is 4. The van der Waals surface area contributed by atoms with Crippen LogP contribution in [0.4, 0.5) is 5.13 Å². The maximum Gasteiger partial charge on any atom is 0.355 e. The minimum Gasteiger partial charge on any atom is -0.476 e. The lowest BCUT2D eigenvalue weighted by atomic mass is 10.2. The highest BCUT2D eigenvalue weighted by molar-refractivity contribution is 7.14. The van der Waals surface area contributed by atoms with Crippen LogP contribution in [0.25, 0.3) is 0 Å². The summed E-state index contributed by atoms with van der Waals surface area (Å²) in [7, 11) is 0. The molecular weight excluding hydrogens is 286 g/mol. The van der Waals surface area contributed by atoms with Gasteiger partial charge in [0.25, 0.3) is 5.91 Å². The Kier molecular flexibility index (Phi) is 3.91. The minimum absolute atomic E-state index is 0.110. The summed E-state index contributed by atoms with van der Waals surface area (Å²) in [5, 5.41) is 15.2. The maximum atomic E-state index is 11.8. The smallest absolute Gasteiger partial charge is 0.355 e. The van der Waals surface area contributed by atoms with Gasteiger partial charge in [-0.15, -0.1) is 22.7 Å². The molecule has 0 aliphatic heterocycles. The lowest BCUT2D eigenvalue weighted by Gasteiger charge is -1.98. The zero-order valence-electron chi connectivity index (χ0n) is 10.2. The van der Waals surface area contributed by atoms with Crippen LogP contribution in [0, 0.1) is 0 Å². The number of carboxylic acid groups (broad SMARTS) is 1. The summed E-state index contributed by atoms with van der Waals surface area (Å²) in [6.07, 6.45) is 0. The Bertz CT molecular complexity index is 618. The Morgan fingerprint density at radius 3 is 2.53 bits per heavy atom. The fraction of sp³-hybridized carbons (Fsp3) is 0.273. The van der Waals surface area contributed by atoms with E-state index in [9.17, 15) is 9.59 Å². The summed E-state index contributed by atoms with van der Waals surface area (Å²) < 4.78 is 0. The van der Waals surface area contributed by atoms with E-state index < -0.39 is 11.9 Å². The molecule has 2 rings (SSSR count). The number of hydrogen-bond donors (Lipinski definition) is 2. The number of carboxylic acids is 1. The van der Waals surface area contributed by atoms with Gasteiger partial charge in [0, 0.05) is 10.8 Å². The Morgan fingerprint density at radius 2 is 2.00 bits per heavy atom. The second kappa shape index (κ2) is 5.45. The number of hydrogen-bond acceptors (Lipinski definition) is 6. The van der Waals surface area contributed by atoms with Crippen LogP contribution in [0.3, 0.4) is 0 Å². The van der Waals surface area contributed by atoms with E-state index in [2.05, 4.69) is 15.3 Å². The van der Waals surface area contributed by atoms with Crippen molar-refractivity contribution < 1.29 is 14.7 Å². The Hall–Kier alpha value is -1.80. The largest absolute Gasteiger partial charge is 0.476 e. The van der Waals surface area contributed by atoms with Gasteiger partial charge in [0.1, 0.15) is 0 Å². The third-order valence-electron chi connectivity index (χ3n) is 2.25. The Balaban J connectivity index is 2.09. The van der Waals surface area contributed by atoms with E-state index in [1.165, 1.54) is 16.7 Å². The van der Waals surface area contributed by atoms with Gasteiger partial charge in [-0.05, 0) is 5.92 Å². The normalized spacial score (nSPS) is 10.7. The molecule has 6 nitrogen and oxygen atoms in total. The molecule has 2 aromatic heterocycles. The van der Waals surface area contributed by atoms with E-state index >= 15 is 0 Å². The predicted octanol–water partition coefficient (Wildman–Crippen LogP) is 2.67. The second-order valence-electron chi connectivity index (χ2n) is 4.03. The van der Waals surface area contributed by atoms with E-state index in [1.54, 1.807) is 0 Å². The van der Waals surface area contributed by atoms with Gasteiger partial charge >= 0.3 is 5.97 Å². The summed E-state index contributed by atoms with van der Waals surface area (Å²) in [6, 6.07) is 0. The minimum atomic E-state index is -1.15. The molecule has 2 heterocycles. The third kappa shape index (κ3) is 3.15. The molecule has 0 aliphatic rings. The van der Waals surface area contributed by atoms with Crippen LogP contribution in [0.1, 0.15) is 45.7 Å². The topological polar surface area (TPSA) is 92.2 Å². The number of carbonyl (C=O) groups is 2. The van der Waals surface area contributed by atoms with Crippen LogP contribution < -0.4 is 5.32 Å². The molecule has 0 bridgehead atoms. The number of anilines is 1. The van der Waals surface area contributed by atoms with E-state index in [1.807, 2.05) is 19.2 Å². The van der Waals surface area contributed by atoms with Crippen LogP contribution in [0.15, 0.2) is 10.8 Å². The molecule has 0 aliphatic carbocycles. The monoisotopic (exact) mass is 297 g/mol. The van der Waals surface area contributed by atoms with Gasteiger partial charge in [0.15, 0.2) is 15.8 Å². The number of thiazole rings is 2. The highest BCUT2D eigenvalue weighted by Gasteiger charge is 2.16. The number of amides is 1. The number of aromatic nitrogens is 2. The average molecular weight is 297 g/mol. The van der Waals surface area contributed by atoms with E-state index in [-0.39, 0.29) is 10.7 Å². The van der Waals surface area contributed by atoms with Crippen molar-refractivity contribution in [2.45, 2.75) is 19.8 Å². The van der Waals surface area contributed by atoms with Crippen molar-refractivity contribution in [3.05, 3.63) is 27.2 Å². The zero-order chi connectivity index (χ0) is 14.0. The fourth-order valence-electron chi connectivity index (χ4n) is 1.24.